The summed E-state index contributed by atoms with van der Waals surface area (Å²) in [4.78, 5) is 8.61. The number of aromatic nitrogens is 2. The van der Waals surface area contributed by atoms with Crippen LogP contribution in [0.25, 0.3) is 0 Å². The molecular formula is C13H22N4O. The van der Waals surface area contributed by atoms with E-state index in [4.69, 9.17) is 4.74 Å². The van der Waals surface area contributed by atoms with Gasteiger partial charge in [-0.05, 0) is 32.3 Å². The number of nitrogens with zero attached hydrogens (tertiary/aromatic N) is 2. The summed E-state index contributed by atoms with van der Waals surface area (Å²) in [5.74, 6) is 1.59. The van der Waals surface area contributed by atoms with E-state index in [1.807, 2.05) is 13.0 Å². The van der Waals surface area contributed by atoms with E-state index in [0.717, 1.165) is 38.2 Å². The number of hydrogen-bond donors (Lipinski definition) is 2. The Balaban J connectivity index is 1.79. The molecule has 0 bridgehead atoms. The van der Waals surface area contributed by atoms with Crippen molar-refractivity contribution in [3.05, 3.63) is 12.3 Å². The van der Waals surface area contributed by atoms with Gasteiger partial charge in [0.25, 0.3) is 0 Å². The van der Waals surface area contributed by atoms with E-state index in [2.05, 4.69) is 27.5 Å². The zero-order valence-corrected chi connectivity index (χ0v) is 11.1. The molecule has 5 heteroatoms. The third-order valence-corrected chi connectivity index (χ3v) is 3.04. The lowest BCUT2D eigenvalue weighted by Gasteiger charge is -2.35. The molecule has 1 aliphatic carbocycles. The molecule has 1 heterocycles. The predicted molar refractivity (Wildman–Crippen MR) is 72.9 cm³/mol. The quantitative estimate of drug-likeness (QED) is 0.777. The Kier molecular flexibility index (Phi) is 4.75. The number of nitrogens with one attached hydrogen (secondary N) is 2. The lowest BCUT2D eigenvalue weighted by atomic mass is 9.89. The Hall–Kier alpha value is -1.36. The van der Waals surface area contributed by atoms with E-state index in [0.29, 0.717) is 18.1 Å². The number of anilines is 2. The van der Waals surface area contributed by atoms with Crippen LogP contribution >= 0.6 is 0 Å². The van der Waals surface area contributed by atoms with Crippen molar-refractivity contribution in [1.29, 1.82) is 0 Å². The van der Waals surface area contributed by atoms with E-state index in [1.165, 1.54) is 0 Å². The van der Waals surface area contributed by atoms with Crippen LogP contribution in [0.3, 0.4) is 0 Å². The fourth-order valence-electron chi connectivity index (χ4n) is 2.03. The van der Waals surface area contributed by atoms with Gasteiger partial charge in [0.1, 0.15) is 5.82 Å². The van der Waals surface area contributed by atoms with E-state index >= 15 is 0 Å². The second kappa shape index (κ2) is 6.54. The SMILES string of the molecule is CCCNc1nccc(NC2CC(OCC)C2)n1. The Morgan fingerprint density at radius 1 is 1.39 bits per heavy atom. The molecule has 0 unspecified atom stereocenters. The molecule has 0 atom stereocenters. The molecule has 1 fully saturated rings. The summed E-state index contributed by atoms with van der Waals surface area (Å²) in [5.41, 5.74) is 0. The van der Waals surface area contributed by atoms with Gasteiger partial charge in [-0.1, -0.05) is 6.92 Å². The van der Waals surface area contributed by atoms with E-state index in [-0.39, 0.29) is 0 Å². The molecule has 1 saturated carbocycles. The molecule has 0 aliphatic heterocycles. The van der Waals surface area contributed by atoms with Crippen molar-refractivity contribution in [2.75, 3.05) is 23.8 Å². The van der Waals surface area contributed by atoms with Gasteiger partial charge in [-0.15, -0.1) is 0 Å². The molecule has 2 rings (SSSR count). The molecule has 0 amide bonds. The second-order valence-electron chi connectivity index (χ2n) is 4.58. The third kappa shape index (κ3) is 3.57. The summed E-state index contributed by atoms with van der Waals surface area (Å²) in [6, 6.07) is 2.39. The minimum atomic E-state index is 0.423. The maximum absolute atomic E-state index is 5.54. The van der Waals surface area contributed by atoms with Crippen molar-refractivity contribution in [3.8, 4) is 0 Å². The average Bonchev–Trinajstić information content (AvgIpc) is 2.34. The summed E-state index contributed by atoms with van der Waals surface area (Å²) in [6.45, 7) is 5.86. The molecule has 1 aromatic heterocycles. The monoisotopic (exact) mass is 250 g/mol. The molecule has 1 aliphatic rings. The molecule has 2 N–H and O–H groups in total. The van der Waals surface area contributed by atoms with Crippen LogP contribution < -0.4 is 10.6 Å². The maximum atomic E-state index is 5.54. The average molecular weight is 250 g/mol. The van der Waals surface area contributed by atoms with Crippen molar-refractivity contribution in [1.82, 2.24) is 9.97 Å². The zero-order valence-electron chi connectivity index (χ0n) is 11.1. The van der Waals surface area contributed by atoms with Crippen LogP contribution in [-0.4, -0.2) is 35.3 Å². The van der Waals surface area contributed by atoms with Gasteiger partial charge in [-0.25, -0.2) is 4.98 Å². The van der Waals surface area contributed by atoms with Crippen LogP contribution in [0.1, 0.15) is 33.1 Å². The predicted octanol–water partition coefficient (Wildman–Crippen LogP) is 2.28. The van der Waals surface area contributed by atoms with Crippen LogP contribution in [0.5, 0.6) is 0 Å². The second-order valence-corrected chi connectivity index (χ2v) is 4.58. The molecule has 0 spiro atoms. The molecular weight excluding hydrogens is 228 g/mol. The summed E-state index contributed by atoms with van der Waals surface area (Å²) >= 11 is 0. The highest BCUT2D eigenvalue weighted by Gasteiger charge is 2.29. The Labute approximate surface area is 108 Å². The van der Waals surface area contributed by atoms with E-state index in [9.17, 15) is 0 Å². The van der Waals surface area contributed by atoms with Crippen LogP contribution in [0.2, 0.25) is 0 Å². The molecule has 18 heavy (non-hydrogen) atoms. The number of hydrogen-bond acceptors (Lipinski definition) is 5. The van der Waals surface area contributed by atoms with Gasteiger partial charge in [0.2, 0.25) is 5.95 Å². The van der Waals surface area contributed by atoms with Crippen LogP contribution in [-0.2, 0) is 4.74 Å². The Morgan fingerprint density at radius 3 is 2.94 bits per heavy atom. The minimum Gasteiger partial charge on any atom is -0.378 e. The fourth-order valence-corrected chi connectivity index (χ4v) is 2.03. The van der Waals surface area contributed by atoms with Crippen molar-refractivity contribution >= 4 is 11.8 Å². The summed E-state index contributed by atoms with van der Waals surface area (Å²) in [7, 11) is 0. The fraction of sp³-hybridized carbons (Fsp3) is 0.692. The first kappa shape index (κ1) is 13.1. The first-order chi connectivity index (χ1) is 8.81. The molecule has 100 valence electrons. The minimum absolute atomic E-state index is 0.423. The highest BCUT2D eigenvalue weighted by molar-refractivity contribution is 5.40. The van der Waals surface area contributed by atoms with Gasteiger partial charge in [-0.3, -0.25) is 0 Å². The Bertz CT molecular complexity index is 366. The normalized spacial score (nSPS) is 22.3. The molecule has 0 radical (unpaired) electrons. The van der Waals surface area contributed by atoms with Crippen LogP contribution in [0, 0.1) is 0 Å². The van der Waals surface area contributed by atoms with Crippen molar-refractivity contribution < 1.29 is 4.74 Å². The molecule has 0 aromatic carbocycles. The van der Waals surface area contributed by atoms with Crippen LogP contribution in [0.4, 0.5) is 11.8 Å². The lowest BCUT2D eigenvalue weighted by molar-refractivity contribution is 0.00293. The van der Waals surface area contributed by atoms with Gasteiger partial charge in [-0.2, -0.15) is 4.98 Å². The van der Waals surface area contributed by atoms with Gasteiger partial charge >= 0.3 is 0 Å². The largest absolute Gasteiger partial charge is 0.378 e. The van der Waals surface area contributed by atoms with Crippen molar-refractivity contribution in [2.24, 2.45) is 0 Å². The smallest absolute Gasteiger partial charge is 0.224 e. The highest BCUT2D eigenvalue weighted by atomic mass is 16.5. The standard InChI is InChI=1S/C13H22N4O/c1-3-6-14-13-15-7-5-12(17-13)16-10-8-11(9-10)18-4-2/h5,7,10-11H,3-4,6,8-9H2,1-2H3,(H2,14,15,16,17). The first-order valence-corrected chi connectivity index (χ1v) is 6.76. The lowest BCUT2D eigenvalue weighted by Crippen LogP contribution is -2.41. The number of rotatable bonds is 7. The van der Waals surface area contributed by atoms with Crippen molar-refractivity contribution in [2.45, 2.75) is 45.3 Å². The van der Waals surface area contributed by atoms with Gasteiger partial charge in [0.05, 0.1) is 6.10 Å². The third-order valence-electron chi connectivity index (χ3n) is 3.04. The molecule has 0 saturated heterocycles. The topological polar surface area (TPSA) is 59.1 Å². The number of ether oxygens (including phenoxy) is 1. The van der Waals surface area contributed by atoms with E-state index in [1.54, 1.807) is 6.20 Å². The molecule has 5 nitrogen and oxygen atoms in total. The zero-order chi connectivity index (χ0) is 12.8. The van der Waals surface area contributed by atoms with E-state index < -0.39 is 0 Å². The Morgan fingerprint density at radius 2 is 2.22 bits per heavy atom. The summed E-state index contributed by atoms with van der Waals surface area (Å²) < 4.78 is 5.54. The maximum Gasteiger partial charge on any atom is 0.224 e. The van der Waals surface area contributed by atoms with Crippen LogP contribution in [0.15, 0.2) is 12.3 Å². The molecule has 1 aromatic rings. The van der Waals surface area contributed by atoms with Gasteiger partial charge < -0.3 is 15.4 Å². The van der Waals surface area contributed by atoms with Gasteiger partial charge in [0, 0.05) is 25.4 Å². The first-order valence-electron chi connectivity index (χ1n) is 6.76. The van der Waals surface area contributed by atoms with Crippen molar-refractivity contribution in [3.63, 3.8) is 0 Å². The summed E-state index contributed by atoms with van der Waals surface area (Å²) in [5, 5.41) is 6.60. The summed E-state index contributed by atoms with van der Waals surface area (Å²) in [6.07, 6.45) is 5.41. The van der Waals surface area contributed by atoms with Gasteiger partial charge in [0.15, 0.2) is 0 Å². The highest BCUT2D eigenvalue weighted by Crippen LogP contribution is 2.26.